The van der Waals surface area contributed by atoms with Gasteiger partial charge in [-0.05, 0) is 12.1 Å². The predicted octanol–water partition coefficient (Wildman–Crippen LogP) is 3.44. The number of nitrogens with zero attached hydrogens (tertiary/aromatic N) is 3. The standard InChI is InChI=1S/C19H16N4O3S2/c1-3-8-21-19-22-13(11-27-19)18(25)26-10-15(24)12(9-20)17-23(2)14-6-4-5-7-16(14)28-17/h3-7,11H,1,8,10H2,2H3,(H,21,22)/b17-12+. The van der Waals surface area contributed by atoms with E-state index in [9.17, 15) is 14.9 Å². The fourth-order valence-corrected chi connectivity index (χ4v) is 4.29. The molecular weight excluding hydrogens is 396 g/mol. The van der Waals surface area contributed by atoms with E-state index in [0.717, 1.165) is 10.6 Å². The summed E-state index contributed by atoms with van der Waals surface area (Å²) in [7, 11) is 1.79. The summed E-state index contributed by atoms with van der Waals surface area (Å²) >= 11 is 2.59. The van der Waals surface area contributed by atoms with Gasteiger partial charge in [0.1, 0.15) is 16.7 Å². The van der Waals surface area contributed by atoms with Crippen molar-refractivity contribution in [3.63, 3.8) is 0 Å². The second kappa shape index (κ2) is 8.73. The number of Topliss-reactive ketones (excluding diaryl/α,β-unsaturated/α-hetero) is 1. The van der Waals surface area contributed by atoms with Gasteiger partial charge in [-0.25, -0.2) is 9.78 Å². The first-order chi connectivity index (χ1) is 13.5. The molecule has 2 heterocycles. The van der Waals surface area contributed by atoms with E-state index in [-0.39, 0.29) is 11.3 Å². The van der Waals surface area contributed by atoms with E-state index in [0.29, 0.717) is 16.7 Å². The van der Waals surface area contributed by atoms with Crippen LogP contribution in [-0.4, -0.2) is 36.9 Å². The van der Waals surface area contributed by atoms with E-state index in [4.69, 9.17) is 4.74 Å². The van der Waals surface area contributed by atoms with Gasteiger partial charge in [0.25, 0.3) is 0 Å². The average Bonchev–Trinajstić information content (AvgIpc) is 3.31. The first kappa shape index (κ1) is 19.7. The molecule has 28 heavy (non-hydrogen) atoms. The number of carbonyl (C=O) groups is 2. The molecule has 1 aromatic heterocycles. The second-order valence-electron chi connectivity index (χ2n) is 5.63. The molecule has 142 valence electrons. The zero-order valence-electron chi connectivity index (χ0n) is 15.0. The number of carbonyl (C=O) groups excluding carboxylic acids is 2. The molecule has 3 rings (SSSR count). The van der Waals surface area contributed by atoms with Crippen LogP contribution >= 0.6 is 23.1 Å². The Labute approximate surface area is 170 Å². The third kappa shape index (κ3) is 4.08. The number of hydrogen-bond donors (Lipinski definition) is 1. The topological polar surface area (TPSA) is 95.3 Å². The maximum atomic E-state index is 12.5. The van der Waals surface area contributed by atoms with Gasteiger partial charge in [-0.15, -0.1) is 17.9 Å². The van der Waals surface area contributed by atoms with Crippen molar-refractivity contribution in [1.29, 1.82) is 5.26 Å². The fraction of sp³-hybridized carbons (Fsp3) is 0.158. The lowest BCUT2D eigenvalue weighted by Gasteiger charge is -2.14. The molecule has 9 heteroatoms. The summed E-state index contributed by atoms with van der Waals surface area (Å²) in [5.41, 5.74) is 0.987. The van der Waals surface area contributed by atoms with Crippen molar-refractivity contribution in [3.05, 3.63) is 58.6 Å². The first-order valence-electron chi connectivity index (χ1n) is 8.20. The van der Waals surface area contributed by atoms with Crippen LogP contribution in [0.25, 0.3) is 0 Å². The van der Waals surface area contributed by atoms with Crippen molar-refractivity contribution in [2.75, 3.05) is 30.4 Å². The highest BCUT2D eigenvalue weighted by Crippen LogP contribution is 2.46. The highest BCUT2D eigenvalue weighted by molar-refractivity contribution is 8.03. The van der Waals surface area contributed by atoms with Gasteiger partial charge in [0.05, 0.1) is 5.69 Å². The number of fused-ring (bicyclic) bond motifs is 1. The van der Waals surface area contributed by atoms with E-state index in [1.165, 1.54) is 23.1 Å². The zero-order valence-corrected chi connectivity index (χ0v) is 16.6. The van der Waals surface area contributed by atoms with Crippen LogP contribution in [0.2, 0.25) is 0 Å². The van der Waals surface area contributed by atoms with Gasteiger partial charge in [-0.1, -0.05) is 30.0 Å². The summed E-state index contributed by atoms with van der Waals surface area (Å²) in [5.74, 6) is -1.27. The van der Waals surface area contributed by atoms with Crippen LogP contribution in [0.1, 0.15) is 10.5 Å². The Bertz CT molecular complexity index is 1010. The Hall–Kier alpha value is -3.09. The lowest BCUT2D eigenvalue weighted by atomic mass is 10.2. The van der Waals surface area contributed by atoms with E-state index in [2.05, 4.69) is 16.9 Å². The van der Waals surface area contributed by atoms with E-state index >= 15 is 0 Å². The molecule has 1 aliphatic heterocycles. The number of rotatable bonds is 7. The highest BCUT2D eigenvalue weighted by atomic mass is 32.2. The largest absolute Gasteiger partial charge is 0.453 e. The highest BCUT2D eigenvalue weighted by Gasteiger charge is 2.28. The summed E-state index contributed by atoms with van der Waals surface area (Å²) in [6.45, 7) is 3.59. The van der Waals surface area contributed by atoms with E-state index in [1.54, 1.807) is 23.4 Å². The number of ether oxygens (including phenoxy) is 1. The number of anilines is 2. The summed E-state index contributed by atoms with van der Waals surface area (Å²) in [4.78, 5) is 31.5. The number of hydrogen-bond acceptors (Lipinski definition) is 9. The predicted molar refractivity (Wildman–Crippen MR) is 109 cm³/mol. The Balaban J connectivity index is 1.67. The number of nitrogens with one attached hydrogen (secondary N) is 1. The van der Waals surface area contributed by atoms with Crippen molar-refractivity contribution in [3.8, 4) is 6.07 Å². The lowest BCUT2D eigenvalue weighted by molar-refractivity contribution is -0.118. The Morgan fingerprint density at radius 1 is 1.43 bits per heavy atom. The first-order valence-corrected chi connectivity index (χ1v) is 9.90. The van der Waals surface area contributed by atoms with Crippen LogP contribution in [0.15, 0.2) is 57.8 Å². The smallest absolute Gasteiger partial charge is 0.358 e. The Morgan fingerprint density at radius 2 is 2.21 bits per heavy atom. The molecular formula is C19H16N4O3S2. The molecule has 0 spiro atoms. The Kier molecular flexibility index (Phi) is 6.13. The van der Waals surface area contributed by atoms with Gasteiger partial charge in [-0.2, -0.15) is 5.26 Å². The van der Waals surface area contributed by atoms with Gasteiger partial charge in [0.15, 0.2) is 17.4 Å². The number of aromatic nitrogens is 1. The molecule has 1 N–H and O–H groups in total. The number of benzene rings is 1. The minimum atomic E-state index is -0.714. The Morgan fingerprint density at radius 3 is 2.93 bits per heavy atom. The molecule has 1 aliphatic rings. The number of ketones is 1. The monoisotopic (exact) mass is 412 g/mol. The molecule has 0 amide bonds. The minimum absolute atomic E-state index is 0.0388. The van der Waals surface area contributed by atoms with Crippen LogP contribution in [-0.2, 0) is 9.53 Å². The molecule has 0 aliphatic carbocycles. The van der Waals surface area contributed by atoms with Crippen LogP contribution in [0.3, 0.4) is 0 Å². The molecule has 7 nitrogen and oxygen atoms in total. The number of para-hydroxylation sites is 1. The molecule has 0 saturated carbocycles. The summed E-state index contributed by atoms with van der Waals surface area (Å²) in [5, 5.41) is 15.1. The number of thiazole rings is 1. The van der Waals surface area contributed by atoms with Gasteiger partial charge in [-0.3, -0.25) is 4.79 Å². The number of esters is 1. The van der Waals surface area contributed by atoms with Crippen molar-refractivity contribution in [2.45, 2.75) is 4.90 Å². The number of thioether (sulfide) groups is 1. The molecule has 0 atom stereocenters. The van der Waals surface area contributed by atoms with Gasteiger partial charge < -0.3 is 15.0 Å². The van der Waals surface area contributed by atoms with Crippen LogP contribution < -0.4 is 10.2 Å². The molecule has 0 bridgehead atoms. The van der Waals surface area contributed by atoms with Crippen molar-refractivity contribution >= 4 is 45.7 Å². The maximum absolute atomic E-state index is 12.5. The third-order valence-corrected chi connectivity index (χ3v) is 5.82. The maximum Gasteiger partial charge on any atom is 0.358 e. The molecule has 0 radical (unpaired) electrons. The second-order valence-corrected chi connectivity index (χ2v) is 7.52. The van der Waals surface area contributed by atoms with Crippen LogP contribution in [0.5, 0.6) is 0 Å². The van der Waals surface area contributed by atoms with Crippen LogP contribution in [0.4, 0.5) is 10.8 Å². The van der Waals surface area contributed by atoms with Gasteiger partial charge in [0, 0.05) is 23.9 Å². The number of nitriles is 1. The summed E-state index contributed by atoms with van der Waals surface area (Å²) < 4.78 is 5.06. The lowest BCUT2D eigenvalue weighted by Crippen LogP contribution is -2.20. The van der Waals surface area contributed by atoms with E-state index in [1.807, 2.05) is 30.3 Å². The van der Waals surface area contributed by atoms with Crippen molar-refractivity contribution < 1.29 is 14.3 Å². The van der Waals surface area contributed by atoms with Crippen molar-refractivity contribution in [2.24, 2.45) is 0 Å². The quantitative estimate of drug-likeness (QED) is 0.320. The third-order valence-electron chi connectivity index (χ3n) is 3.79. The molecule has 1 aromatic carbocycles. The molecule has 0 unspecified atom stereocenters. The molecule has 0 fully saturated rings. The van der Waals surface area contributed by atoms with E-state index < -0.39 is 18.4 Å². The van der Waals surface area contributed by atoms with Crippen LogP contribution in [0, 0.1) is 11.3 Å². The summed E-state index contributed by atoms with van der Waals surface area (Å²) in [6, 6.07) is 9.56. The summed E-state index contributed by atoms with van der Waals surface area (Å²) in [6.07, 6.45) is 1.67. The normalized spacial score (nSPS) is 14.1. The van der Waals surface area contributed by atoms with Crippen molar-refractivity contribution in [1.82, 2.24) is 4.98 Å². The van der Waals surface area contributed by atoms with Gasteiger partial charge in [0.2, 0.25) is 5.78 Å². The van der Waals surface area contributed by atoms with Gasteiger partial charge >= 0.3 is 5.97 Å². The molecule has 0 saturated heterocycles. The molecule has 2 aromatic rings. The minimum Gasteiger partial charge on any atom is -0.453 e. The fourth-order valence-electron chi connectivity index (χ4n) is 2.44. The zero-order chi connectivity index (χ0) is 20.1. The SMILES string of the molecule is C=CCNc1nc(C(=O)OCC(=O)/C(C#N)=C2/Sc3ccccc3N2C)cs1. The average molecular weight is 412 g/mol.